The molecule has 0 N–H and O–H groups in total. The maximum Gasteiger partial charge on any atom is 0.362 e. The molecule has 1 aromatic rings. The number of methoxy groups -OCH3 is 2. The van der Waals surface area contributed by atoms with Crippen molar-refractivity contribution in [3.63, 3.8) is 0 Å². The van der Waals surface area contributed by atoms with Crippen LogP contribution in [-0.4, -0.2) is 32.8 Å². The van der Waals surface area contributed by atoms with Gasteiger partial charge in [0.2, 0.25) is 0 Å². The molecule has 0 saturated carbocycles. The Balaban J connectivity index is 2.48. The zero-order chi connectivity index (χ0) is 17.7. The second kappa shape index (κ2) is 7.75. The van der Waals surface area contributed by atoms with E-state index in [4.69, 9.17) is 9.05 Å². The third-order valence-electron chi connectivity index (χ3n) is 3.46. The standard InChI is InChI=1S/C16H19O7P/c1-4-22-24(19)16-11(8-9-14(17)20-2)6-5-7-12(16)13(23-24)10-15(18)21-3/h5-9,13H,4,10H2,1-3H3. The number of hydrogen-bond acceptors (Lipinski definition) is 7. The fourth-order valence-corrected chi connectivity index (χ4v) is 4.60. The van der Waals surface area contributed by atoms with Crippen molar-refractivity contribution in [3.05, 3.63) is 35.4 Å². The SMILES string of the molecule is CCOP1(=O)OC(CC(=O)OC)c2cccc(C=CC(=O)OC)c21. The lowest BCUT2D eigenvalue weighted by Gasteiger charge is -2.14. The molecule has 24 heavy (non-hydrogen) atoms. The average molecular weight is 354 g/mol. The van der Waals surface area contributed by atoms with Crippen LogP contribution in [0.1, 0.15) is 30.6 Å². The molecule has 0 radical (unpaired) electrons. The molecule has 0 spiro atoms. The molecule has 7 nitrogen and oxygen atoms in total. The van der Waals surface area contributed by atoms with E-state index in [9.17, 15) is 14.2 Å². The molecule has 2 atom stereocenters. The van der Waals surface area contributed by atoms with E-state index in [1.54, 1.807) is 25.1 Å². The molecule has 0 aromatic heterocycles. The van der Waals surface area contributed by atoms with Crippen molar-refractivity contribution in [1.29, 1.82) is 0 Å². The minimum atomic E-state index is -3.60. The van der Waals surface area contributed by atoms with Gasteiger partial charge < -0.3 is 14.0 Å². The summed E-state index contributed by atoms with van der Waals surface area (Å²) in [7, 11) is -1.06. The fraction of sp³-hybridized carbons (Fsp3) is 0.375. The van der Waals surface area contributed by atoms with Crippen LogP contribution in [0, 0.1) is 0 Å². The Kier molecular flexibility index (Phi) is 5.94. The summed E-state index contributed by atoms with van der Waals surface area (Å²) in [6.07, 6.45) is 1.90. The zero-order valence-electron chi connectivity index (χ0n) is 13.7. The van der Waals surface area contributed by atoms with Gasteiger partial charge in [-0.05, 0) is 24.1 Å². The number of benzene rings is 1. The molecule has 1 heterocycles. The second-order valence-electron chi connectivity index (χ2n) is 4.93. The van der Waals surface area contributed by atoms with Gasteiger partial charge in [-0.1, -0.05) is 18.2 Å². The molecule has 130 valence electrons. The van der Waals surface area contributed by atoms with Crippen LogP contribution in [0.15, 0.2) is 24.3 Å². The summed E-state index contributed by atoms with van der Waals surface area (Å²) in [5.41, 5.74) is 1.10. The molecular weight excluding hydrogens is 335 g/mol. The Bertz CT molecular complexity index is 710. The number of esters is 2. The van der Waals surface area contributed by atoms with E-state index in [1.807, 2.05) is 0 Å². The van der Waals surface area contributed by atoms with Gasteiger partial charge in [0.25, 0.3) is 0 Å². The highest BCUT2D eigenvalue weighted by Gasteiger charge is 2.44. The first-order chi connectivity index (χ1) is 11.4. The number of carbonyl (C=O) groups is 2. The molecule has 0 aliphatic carbocycles. The third-order valence-corrected chi connectivity index (χ3v) is 5.66. The Morgan fingerprint density at radius 2 is 2.04 bits per heavy atom. The molecule has 0 fully saturated rings. The van der Waals surface area contributed by atoms with E-state index in [1.165, 1.54) is 26.4 Å². The Hall–Kier alpha value is -1.95. The van der Waals surface area contributed by atoms with Crippen LogP contribution in [0.4, 0.5) is 0 Å². The highest BCUT2D eigenvalue weighted by molar-refractivity contribution is 7.62. The summed E-state index contributed by atoms with van der Waals surface area (Å²) in [6.45, 7) is 1.87. The first kappa shape index (κ1) is 18.4. The number of hydrogen-bond donors (Lipinski definition) is 0. The monoisotopic (exact) mass is 354 g/mol. The molecular formula is C16H19O7P. The quantitative estimate of drug-likeness (QED) is 0.440. The van der Waals surface area contributed by atoms with E-state index in [-0.39, 0.29) is 13.0 Å². The van der Waals surface area contributed by atoms with E-state index in [2.05, 4.69) is 9.47 Å². The van der Waals surface area contributed by atoms with Gasteiger partial charge in [-0.2, -0.15) is 0 Å². The van der Waals surface area contributed by atoms with Crippen molar-refractivity contribution >= 4 is 30.9 Å². The Labute approximate surface area is 140 Å². The van der Waals surface area contributed by atoms with Gasteiger partial charge >= 0.3 is 19.5 Å². The summed E-state index contributed by atoms with van der Waals surface area (Å²) in [6, 6.07) is 5.13. The minimum absolute atomic E-state index is 0.0786. The third kappa shape index (κ3) is 3.75. The van der Waals surface area contributed by atoms with E-state index in [0.29, 0.717) is 16.4 Å². The summed E-state index contributed by atoms with van der Waals surface area (Å²) in [5.74, 6) is -1.02. The van der Waals surface area contributed by atoms with Crippen LogP contribution >= 0.6 is 7.60 Å². The van der Waals surface area contributed by atoms with Gasteiger partial charge in [0, 0.05) is 6.08 Å². The van der Waals surface area contributed by atoms with Crippen molar-refractivity contribution in [3.8, 4) is 0 Å². The van der Waals surface area contributed by atoms with Crippen LogP contribution in [0.25, 0.3) is 6.08 Å². The lowest BCUT2D eigenvalue weighted by atomic mass is 10.0. The highest BCUT2D eigenvalue weighted by atomic mass is 31.2. The number of ether oxygens (including phenoxy) is 2. The molecule has 0 saturated heterocycles. The predicted molar refractivity (Wildman–Crippen MR) is 86.8 cm³/mol. The van der Waals surface area contributed by atoms with Gasteiger partial charge in [-0.3, -0.25) is 13.9 Å². The van der Waals surface area contributed by atoms with Crippen molar-refractivity contribution in [1.82, 2.24) is 0 Å². The molecule has 2 unspecified atom stereocenters. The van der Waals surface area contributed by atoms with Crippen molar-refractivity contribution in [2.24, 2.45) is 0 Å². The molecule has 1 aliphatic rings. The van der Waals surface area contributed by atoms with E-state index >= 15 is 0 Å². The second-order valence-corrected chi connectivity index (χ2v) is 6.84. The normalized spacial score (nSPS) is 22.4. The predicted octanol–water partition coefficient (Wildman–Crippen LogP) is 2.36. The Morgan fingerprint density at radius 1 is 1.29 bits per heavy atom. The molecule has 0 bridgehead atoms. The minimum Gasteiger partial charge on any atom is -0.469 e. The first-order valence-electron chi connectivity index (χ1n) is 7.34. The van der Waals surface area contributed by atoms with Gasteiger partial charge in [-0.15, -0.1) is 0 Å². The van der Waals surface area contributed by atoms with Crippen LogP contribution in [0.5, 0.6) is 0 Å². The molecule has 1 aromatic carbocycles. The maximum absolute atomic E-state index is 13.1. The molecule has 2 rings (SSSR count). The number of fused-ring (bicyclic) bond motifs is 1. The first-order valence-corrected chi connectivity index (χ1v) is 8.88. The Morgan fingerprint density at radius 3 is 2.67 bits per heavy atom. The van der Waals surface area contributed by atoms with Gasteiger partial charge in [-0.25, -0.2) is 4.79 Å². The van der Waals surface area contributed by atoms with Crippen molar-refractivity contribution < 1.29 is 32.7 Å². The number of rotatable bonds is 6. The molecule has 8 heteroatoms. The topological polar surface area (TPSA) is 88.1 Å². The van der Waals surface area contributed by atoms with E-state index in [0.717, 1.165) is 0 Å². The maximum atomic E-state index is 13.1. The highest BCUT2D eigenvalue weighted by Crippen LogP contribution is 2.59. The summed E-state index contributed by atoms with van der Waals surface area (Å²) >= 11 is 0. The van der Waals surface area contributed by atoms with Crippen molar-refractivity contribution in [2.45, 2.75) is 19.4 Å². The lowest BCUT2D eigenvalue weighted by molar-refractivity contribution is -0.142. The van der Waals surface area contributed by atoms with Gasteiger partial charge in [0.1, 0.15) is 6.10 Å². The number of carbonyl (C=O) groups excluding carboxylic acids is 2. The van der Waals surface area contributed by atoms with Gasteiger partial charge in [0.05, 0.1) is 32.6 Å². The van der Waals surface area contributed by atoms with Crippen molar-refractivity contribution in [2.75, 3.05) is 20.8 Å². The zero-order valence-corrected chi connectivity index (χ0v) is 14.6. The lowest BCUT2D eigenvalue weighted by Crippen LogP contribution is -2.12. The van der Waals surface area contributed by atoms with E-state index < -0.39 is 25.6 Å². The largest absolute Gasteiger partial charge is 0.469 e. The smallest absolute Gasteiger partial charge is 0.362 e. The fourth-order valence-electron chi connectivity index (χ4n) is 2.44. The van der Waals surface area contributed by atoms with Gasteiger partial charge in [0.15, 0.2) is 0 Å². The van der Waals surface area contributed by atoms with Crippen LogP contribution < -0.4 is 5.30 Å². The molecule has 0 amide bonds. The summed E-state index contributed by atoms with van der Waals surface area (Å²) in [4.78, 5) is 22.9. The summed E-state index contributed by atoms with van der Waals surface area (Å²) < 4.78 is 33.3. The van der Waals surface area contributed by atoms with Crippen LogP contribution in [0.2, 0.25) is 0 Å². The molecule has 1 aliphatic heterocycles. The van der Waals surface area contributed by atoms with Crippen LogP contribution in [-0.2, 0) is 32.7 Å². The van der Waals surface area contributed by atoms with Crippen LogP contribution in [0.3, 0.4) is 0 Å². The summed E-state index contributed by atoms with van der Waals surface area (Å²) in [5, 5.41) is 0.362. The average Bonchev–Trinajstić information content (AvgIpc) is 2.85.